The van der Waals surface area contributed by atoms with Crippen molar-refractivity contribution in [3.63, 3.8) is 0 Å². The molecule has 7 heteroatoms. The Bertz CT molecular complexity index is 593. The van der Waals surface area contributed by atoms with Gasteiger partial charge in [0.05, 0.1) is 17.2 Å². The Balaban J connectivity index is 1.80. The van der Waals surface area contributed by atoms with Crippen LogP contribution >= 0.6 is 11.3 Å². The van der Waals surface area contributed by atoms with E-state index in [9.17, 15) is 4.79 Å². The molecule has 0 saturated heterocycles. The highest BCUT2D eigenvalue weighted by molar-refractivity contribution is 7.09. The molecular weight excluding hydrogens is 288 g/mol. The van der Waals surface area contributed by atoms with Gasteiger partial charge in [0.2, 0.25) is 5.91 Å². The van der Waals surface area contributed by atoms with Crippen molar-refractivity contribution in [2.45, 2.75) is 33.2 Å². The van der Waals surface area contributed by atoms with E-state index < -0.39 is 0 Å². The lowest BCUT2D eigenvalue weighted by atomic mass is 10.3. The molecule has 1 N–H and O–H groups in total. The molecule has 0 atom stereocenters. The minimum absolute atomic E-state index is 0.116. The molecule has 0 radical (unpaired) electrons. The molecular formula is C14H20N4O2S. The molecule has 2 aromatic heterocycles. The zero-order valence-corrected chi connectivity index (χ0v) is 13.4. The molecule has 0 aromatic carbocycles. The third-order valence-electron chi connectivity index (χ3n) is 2.80. The van der Waals surface area contributed by atoms with E-state index in [2.05, 4.69) is 27.8 Å². The molecule has 21 heavy (non-hydrogen) atoms. The Hall–Kier alpha value is -1.73. The summed E-state index contributed by atoms with van der Waals surface area (Å²) in [6.45, 7) is 4.87. The van der Waals surface area contributed by atoms with Gasteiger partial charge in [-0.1, -0.05) is 12.1 Å². The van der Waals surface area contributed by atoms with E-state index >= 15 is 0 Å². The summed E-state index contributed by atoms with van der Waals surface area (Å²) >= 11 is 1.68. The number of carbonyl (C=O) groups is 1. The Morgan fingerprint density at radius 1 is 1.52 bits per heavy atom. The molecule has 0 bridgehead atoms. The number of aromatic nitrogens is 2. The molecule has 6 nitrogen and oxygen atoms in total. The summed E-state index contributed by atoms with van der Waals surface area (Å²) in [5.74, 6) is 1.00. The third-order valence-corrected chi connectivity index (χ3v) is 3.76. The van der Waals surface area contributed by atoms with Crippen LogP contribution in [0.1, 0.15) is 29.8 Å². The van der Waals surface area contributed by atoms with Crippen LogP contribution in [0.2, 0.25) is 0 Å². The summed E-state index contributed by atoms with van der Waals surface area (Å²) in [6, 6.07) is 1.69. The van der Waals surface area contributed by atoms with Crippen LogP contribution in [-0.4, -0.2) is 34.5 Å². The lowest BCUT2D eigenvalue weighted by Gasteiger charge is -2.14. The fourth-order valence-corrected chi connectivity index (χ4v) is 2.83. The van der Waals surface area contributed by atoms with Gasteiger partial charge in [-0.05, 0) is 26.8 Å². The van der Waals surface area contributed by atoms with Gasteiger partial charge in [-0.15, -0.1) is 11.3 Å². The number of carbonyl (C=O) groups excluding carboxylic acids is 1. The number of likely N-dealkylation sites (N-methyl/N-ethyl adjacent to an activating group) is 1. The van der Waals surface area contributed by atoms with Gasteiger partial charge in [0.25, 0.3) is 0 Å². The number of aryl methyl sites for hydroxylation is 2. The largest absolute Gasteiger partial charge is 0.360 e. The van der Waals surface area contributed by atoms with Crippen molar-refractivity contribution in [2.24, 2.45) is 0 Å². The van der Waals surface area contributed by atoms with Crippen LogP contribution in [0.4, 0.5) is 5.82 Å². The predicted octanol–water partition coefficient (Wildman–Crippen LogP) is 2.46. The standard InChI is InChI=1S/C14H20N4O2S/c1-4-5-14-15-11(9-21-14)7-18(3)8-13(19)16-12-6-10(2)20-17-12/h6,9H,4-5,7-8H2,1-3H3,(H,16,17,19). The van der Waals surface area contributed by atoms with Crippen molar-refractivity contribution < 1.29 is 9.32 Å². The molecule has 0 aliphatic rings. The van der Waals surface area contributed by atoms with Crippen LogP contribution in [0.3, 0.4) is 0 Å². The minimum atomic E-state index is -0.116. The summed E-state index contributed by atoms with van der Waals surface area (Å²) < 4.78 is 4.90. The lowest BCUT2D eigenvalue weighted by Crippen LogP contribution is -2.30. The lowest BCUT2D eigenvalue weighted by molar-refractivity contribution is -0.117. The van der Waals surface area contributed by atoms with Crippen molar-refractivity contribution in [2.75, 3.05) is 18.9 Å². The van der Waals surface area contributed by atoms with Crippen LogP contribution in [0.5, 0.6) is 0 Å². The second-order valence-electron chi connectivity index (χ2n) is 5.03. The molecule has 2 heterocycles. The molecule has 1 amide bonds. The molecule has 0 fully saturated rings. The maximum absolute atomic E-state index is 11.9. The molecule has 2 rings (SSSR count). The van der Waals surface area contributed by atoms with E-state index in [1.165, 1.54) is 0 Å². The van der Waals surface area contributed by atoms with E-state index in [0.717, 1.165) is 23.5 Å². The number of hydrogen-bond donors (Lipinski definition) is 1. The summed E-state index contributed by atoms with van der Waals surface area (Å²) in [4.78, 5) is 18.4. The average Bonchev–Trinajstić information content (AvgIpc) is 2.99. The second kappa shape index (κ2) is 7.33. The molecule has 114 valence electrons. The van der Waals surface area contributed by atoms with Gasteiger partial charge in [-0.2, -0.15) is 0 Å². The van der Waals surface area contributed by atoms with Crippen LogP contribution in [0.25, 0.3) is 0 Å². The smallest absolute Gasteiger partial charge is 0.239 e. The van der Waals surface area contributed by atoms with Gasteiger partial charge < -0.3 is 9.84 Å². The first-order valence-corrected chi connectivity index (χ1v) is 7.79. The average molecular weight is 308 g/mol. The van der Waals surface area contributed by atoms with Gasteiger partial charge >= 0.3 is 0 Å². The number of amides is 1. The van der Waals surface area contributed by atoms with E-state index in [1.807, 2.05) is 11.9 Å². The molecule has 0 unspecified atom stereocenters. The Morgan fingerprint density at radius 2 is 2.33 bits per heavy atom. The monoisotopic (exact) mass is 308 g/mol. The molecule has 0 aliphatic heterocycles. The summed E-state index contributed by atoms with van der Waals surface area (Å²) in [5, 5.41) is 9.65. The van der Waals surface area contributed by atoms with Gasteiger partial charge in [0.15, 0.2) is 5.82 Å². The fraction of sp³-hybridized carbons (Fsp3) is 0.500. The zero-order chi connectivity index (χ0) is 15.2. The van der Waals surface area contributed by atoms with Crippen LogP contribution in [-0.2, 0) is 17.8 Å². The third kappa shape index (κ3) is 4.95. The first kappa shape index (κ1) is 15.7. The zero-order valence-electron chi connectivity index (χ0n) is 12.5. The first-order valence-electron chi connectivity index (χ1n) is 6.91. The van der Waals surface area contributed by atoms with Crippen molar-refractivity contribution >= 4 is 23.1 Å². The van der Waals surface area contributed by atoms with Crippen LogP contribution < -0.4 is 5.32 Å². The van der Waals surface area contributed by atoms with E-state index in [-0.39, 0.29) is 12.5 Å². The number of hydrogen-bond acceptors (Lipinski definition) is 6. The topological polar surface area (TPSA) is 71.3 Å². The van der Waals surface area contributed by atoms with Crippen LogP contribution in [0.15, 0.2) is 16.0 Å². The van der Waals surface area contributed by atoms with Crippen molar-refractivity contribution in [3.05, 3.63) is 27.9 Å². The molecule has 0 aliphatic carbocycles. The highest BCUT2D eigenvalue weighted by atomic mass is 32.1. The summed E-state index contributed by atoms with van der Waals surface area (Å²) in [5.41, 5.74) is 1.01. The normalized spacial score (nSPS) is 11.0. The number of nitrogens with zero attached hydrogens (tertiary/aromatic N) is 3. The molecule has 0 saturated carbocycles. The SMILES string of the molecule is CCCc1nc(CN(C)CC(=O)Nc2cc(C)on2)cs1. The first-order chi connectivity index (χ1) is 10.1. The Kier molecular flexibility index (Phi) is 5.46. The quantitative estimate of drug-likeness (QED) is 0.850. The van der Waals surface area contributed by atoms with E-state index in [4.69, 9.17) is 4.52 Å². The van der Waals surface area contributed by atoms with Crippen molar-refractivity contribution in [1.82, 2.24) is 15.0 Å². The van der Waals surface area contributed by atoms with Gasteiger partial charge in [0.1, 0.15) is 5.76 Å². The van der Waals surface area contributed by atoms with Gasteiger partial charge in [-0.3, -0.25) is 9.69 Å². The Labute approximate surface area is 128 Å². The number of rotatable bonds is 7. The predicted molar refractivity (Wildman–Crippen MR) is 82.3 cm³/mol. The van der Waals surface area contributed by atoms with Crippen molar-refractivity contribution in [1.29, 1.82) is 0 Å². The van der Waals surface area contributed by atoms with Crippen LogP contribution in [0, 0.1) is 6.92 Å². The van der Waals surface area contributed by atoms with E-state index in [1.54, 1.807) is 24.3 Å². The summed E-state index contributed by atoms with van der Waals surface area (Å²) in [7, 11) is 1.90. The van der Waals surface area contributed by atoms with E-state index in [0.29, 0.717) is 18.1 Å². The Morgan fingerprint density at radius 3 is 3.00 bits per heavy atom. The van der Waals surface area contributed by atoms with Gasteiger partial charge in [0, 0.05) is 18.0 Å². The van der Waals surface area contributed by atoms with Crippen molar-refractivity contribution in [3.8, 4) is 0 Å². The number of nitrogens with one attached hydrogen (secondary N) is 1. The minimum Gasteiger partial charge on any atom is -0.360 e. The fourth-order valence-electron chi connectivity index (χ4n) is 1.94. The second-order valence-corrected chi connectivity index (χ2v) is 5.97. The molecule has 2 aromatic rings. The molecule has 0 spiro atoms. The number of thiazole rings is 1. The number of anilines is 1. The highest BCUT2D eigenvalue weighted by Gasteiger charge is 2.11. The highest BCUT2D eigenvalue weighted by Crippen LogP contribution is 2.13. The maximum Gasteiger partial charge on any atom is 0.239 e. The maximum atomic E-state index is 11.9. The summed E-state index contributed by atoms with van der Waals surface area (Å²) in [6.07, 6.45) is 2.11. The van der Waals surface area contributed by atoms with Gasteiger partial charge in [-0.25, -0.2) is 4.98 Å².